The van der Waals surface area contributed by atoms with Gasteiger partial charge in [0.2, 0.25) is 5.76 Å². The Labute approximate surface area is 125 Å². The number of hydrogen-bond donors (Lipinski definition) is 1. The number of nitrogens with zero attached hydrogens (tertiary/aromatic N) is 1. The van der Waals surface area contributed by atoms with Gasteiger partial charge in [0.25, 0.3) is 0 Å². The van der Waals surface area contributed by atoms with Crippen molar-refractivity contribution in [2.45, 2.75) is 39.5 Å². The molecule has 1 unspecified atom stereocenters. The predicted octanol–water partition coefficient (Wildman–Crippen LogP) is 3.79. The van der Waals surface area contributed by atoms with Crippen LogP contribution in [0.4, 0.5) is 0 Å². The largest absolute Gasteiger partial charge is 0.491 e. The highest BCUT2D eigenvalue weighted by molar-refractivity contribution is 5.30. The van der Waals surface area contributed by atoms with Gasteiger partial charge in [0.1, 0.15) is 17.6 Å². The summed E-state index contributed by atoms with van der Waals surface area (Å²) in [5.74, 6) is 1.97. The molecule has 0 saturated carbocycles. The molecule has 1 aromatic heterocycles. The summed E-state index contributed by atoms with van der Waals surface area (Å²) in [5, 5.41) is 12.1. The molecule has 0 radical (unpaired) electrons. The molecule has 0 fully saturated rings. The Balaban J connectivity index is 1.96. The SMILES string of the molecule is CC(C)Oc1cccc(C(C)NCc2ccc(C#N)o2)c1. The number of rotatable bonds is 6. The van der Waals surface area contributed by atoms with E-state index in [1.165, 1.54) is 0 Å². The molecule has 1 N–H and O–H groups in total. The van der Waals surface area contributed by atoms with Crippen molar-refractivity contribution in [1.29, 1.82) is 5.26 Å². The monoisotopic (exact) mass is 284 g/mol. The van der Waals surface area contributed by atoms with Crippen molar-refractivity contribution in [1.82, 2.24) is 5.32 Å². The molecule has 2 aromatic rings. The fourth-order valence-electron chi connectivity index (χ4n) is 2.03. The minimum Gasteiger partial charge on any atom is -0.491 e. The quantitative estimate of drug-likeness (QED) is 0.876. The normalized spacial score (nSPS) is 12.1. The number of ether oxygens (including phenoxy) is 1. The molecule has 110 valence electrons. The van der Waals surface area contributed by atoms with Crippen molar-refractivity contribution in [3.8, 4) is 11.8 Å². The van der Waals surface area contributed by atoms with Crippen molar-refractivity contribution < 1.29 is 9.15 Å². The lowest BCUT2D eigenvalue weighted by atomic mass is 10.1. The van der Waals surface area contributed by atoms with Gasteiger partial charge in [-0.15, -0.1) is 0 Å². The third-order valence-corrected chi connectivity index (χ3v) is 3.08. The third-order valence-electron chi connectivity index (χ3n) is 3.08. The first kappa shape index (κ1) is 15.1. The fourth-order valence-corrected chi connectivity index (χ4v) is 2.03. The summed E-state index contributed by atoms with van der Waals surface area (Å²) < 4.78 is 11.1. The Hall–Kier alpha value is -2.25. The highest BCUT2D eigenvalue weighted by Gasteiger charge is 2.08. The number of furan rings is 1. The molecule has 2 rings (SSSR count). The van der Waals surface area contributed by atoms with Crippen LogP contribution in [0.5, 0.6) is 5.75 Å². The highest BCUT2D eigenvalue weighted by Crippen LogP contribution is 2.20. The van der Waals surface area contributed by atoms with Gasteiger partial charge in [-0.2, -0.15) is 5.26 Å². The number of hydrogen-bond acceptors (Lipinski definition) is 4. The van der Waals surface area contributed by atoms with E-state index in [2.05, 4.69) is 18.3 Å². The van der Waals surface area contributed by atoms with Crippen LogP contribution in [0.2, 0.25) is 0 Å². The van der Waals surface area contributed by atoms with Crippen LogP contribution >= 0.6 is 0 Å². The molecule has 1 aromatic carbocycles. The van der Waals surface area contributed by atoms with E-state index in [9.17, 15) is 0 Å². The minimum absolute atomic E-state index is 0.163. The van der Waals surface area contributed by atoms with E-state index in [0.29, 0.717) is 12.3 Å². The van der Waals surface area contributed by atoms with Crippen LogP contribution in [0.1, 0.15) is 43.9 Å². The number of nitrogens with one attached hydrogen (secondary N) is 1. The lowest BCUT2D eigenvalue weighted by Crippen LogP contribution is -2.18. The van der Waals surface area contributed by atoms with Gasteiger partial charge in [0.15, 0.2) is 0 Å². The minimum atomic E-state index is 0.163. The topological polar surface area (TPSA) is 58.2 Å². The molecule has 1 atom stereocenters. The molecule has 0 saturated heterocycles. The van der Waals surface area contributed by atoms with Crippen LogP contribution in [0.25, 0.3) is 0 Å². The lowest BCUT2D eigenvalue weighted by molar-refractivity contribution is 0.242. The molecule has 0 bridgehead atoms. The first-order chi connectivity index (χ1) is 10.1. The maximum atomic E-state index is 8.73. The van der Waals surface area contributed by atoms with Gasteiger partial charge in [0.05, 0.1) is 12.6 Å². The Morgan fingerprint density at radius 2 is 2.05 bits per heavy atom. The summed E-state index contributed by atoms with van der Waals surface area (Å²) in [7, 11) is 0. The van der Waals surface area contributed by atoms with Crippen LogP contribution in [0.15, 0.2) is 40.8 Å². The van der Waals surface area contributed by atoms with Gasteiger partial charge in [-0.3, -0.25) is 0 Å². The van der Waals surface area contributed by atoms with Gasteiger partial charge < -0.3 is 14.5 Å². The molecule has 0 spiro atoms. The van der Waals surface area contributed by atoms with Crippen molar-refractivity contribution in [3.05, 3.63) is 53.5 Å². The zero-order chi connectivity index (χ0) is 15.2. The Bertz CT molecular complexity index is 626. The first-order valence-electron chi connectivity index (χ1n) is 7.07. The first-order valence-corrected chi connectivity index (χ1v) is 7.07. The molecular weight excluding hydrogens is 264 g/mol. The van der Waals surface area contributed by atoms with Crippen molar-refractivity contribution in [2.24, 2.45) is 0 Å². The Morgan fingerprint density at radius 3 is 2.71 bits per heavy atom. The predicted molar refractivity (Wildman–Crippen MR) is 80.9 cm³/mol. The van der Waals surface area contributed by atoms with Crippen molar-refractivity contribution in [3.63, 3.8) is 0 Å². The number of benzene rings is 1. The van der Waals surface area contributed by atoms with Gasteiger partial charge in [-0.05, 0) is 50.6 Å². The molecule has 0 aliphatic carbocycles. The molecule has 0 amide bonds. The summed E-state index contributed by atoms with van der Waals surface area (Å²) in [6.45, 7) is 6.69. The Morgan fingerprint density at radius 1 is 1.24 bits per heavy atom. The van der Waals surface area contributed by atoms with E-state index in [0.717, 1.165) is 17.1 Å². The summed E-state index contributed by atoms with van der Waals surface area (Å²) in [5.41, 5.74) is 1.15. The molecular formula is C17H20N2O2. The Kier molecular flexibility index (Phi) is 5.02. The molecule has 4 nitrogen and oxygen atoms in total. The van der Waals surface area contributed by atoms with E-state index in [-0.39, 0.29) is 12.1 Å². The van der Waals surface area contributed by atoms with E-state index >= 15 is 0 Å². The molecule has 1 heterocycles. The molecule has 21 heavy (non-hydrogen) atoms. The van der Waals surface area contributed by atoms with Crippen LogP contribution in [0, 0.1) is 11.3 Å². The average molecular weight is 284 g/mol. The summed E-state index contributed by atoms with van der Waals surface area (Å²) in [4.78, 5) is 0. The molecule has 4 heteroatoms. The fraction of sp³-hybridized carbons (Fsp3) is 0.353. The van der Waals surface area contributed by atoms with Gasteiger partial charge >= 0.3 is 0 Å². The van der Waals surface area contributed by atoms with Gasteiger partial charge in [0, 0.05) is 6.04 Å². The molecule has 0 aliphatic rings. The standard InChI is InChI=1S/C17H20N2O2/c1-12(2)20-15-6-4-5-14(9-15)13(3)19-11-17-8-7-16(10-18)21-17/h4-9,12-13,19H,11H2,1-3H3. The third kappa shape index (κ3) is 4.37. The number of nitriles is 1. The second kappa shape index (κ2) is 6.96. The van der Waals surface area contributed by atoms with E-state index in [4.69, 9.17) is 14.4 Å². The maximum Gasteiger partial charge on any atom is 0.203 e. The summed E-state index contributed by atoms with van der Waals surface area (Å²) >= 11 is 0. The van der Waals surface area contributed by atoms with Crippen LogP contribution in [0.3, 0.4) is 0 Å². The van der Waals surface area contributed by atoms with E-state index in [1.54, 1.807) is 6.07 Å². The zero-order valence-corrected chi connectivity index (χ0v) is 12.6. The van der Waals surface area contributed by atoms with E-state index in [1.807, 2.05) is 44.2 Å². The van der Waals surface area contributed by atoms with Crippen molar-refractivity contribution >= 4 is 0 Å². The second-order valence-corrected chi connectivity index (χ2v) is 5.22. The smallest absolute Gasteiger partial charge is 0.203 e. The van der Waals surface area contributed by atoms with Crippen LogP contribution < -0.4 is 10.1 Å². The highest BCUT2D eigenvalue weighted by atomic mass is 16.5. The zero-order valence-electron chi connectivity index (χ0n) is 12.6. The van der Waals surface area contributed by atoms with Crippen LogP contribution in [-0.2, 0) is 6.54 Å². The van der Waals surface area contributed by atoms with Crippen LogP contribution in [-0.4, -0.2) is 6.10 Å². The summed E-state index contributed by atoms with van der Waals surface area (Å²) in [6, 6.07) is 13.7. The van der Waals surface area contributed by atoms with Gasteiger partial charge in [-0.1, -0.05) is 12.1 Å². The average Bonchev–Trinajstić information content (AvgIpc) is 2.92. The van der Waals surface area contributed by atoms with E-state index < -0.39 is 0 Å². The second-order valence-electron chi connectivity index (χ2n) is 5.22. The molecule has 0 aliphatic heterocycles. The van der Waals surface area contributed by atoms with Crippen molar-refractivity contribution in [2.75, 3.05) is 0 Å². The maximum absolute atomic E-state index is 8.73. The lowest BCUT2D eigenvalue weighted by Gasteiger charge is -2.16. The van der Waals surface area contributed by atoms with Gasteiger partial charge in [-0.25, -0.2) is 0 Å². The summed E-state index contributed by atoms with van der Waals surface area (Å²) in [6.07, 6.45) is 0.163.